The summed E-state index contributed by atoms with van der Waals surface area (Å²) >= 11 is 0. The number of aromatic carboxylic acids is 1. The Morgan fingerprint density at radius 1 is 1.32 bits per heavy atom. The lowest BCUT2D eigenvalue weighted by molar-refractivity contribution is -0.117. The number of carboxylic acids is 1. The van der Waals surface area contributed by atoms with Crippen LogP contribution in [0.2, 0.25) is 0 Å². The van der Waals surface area contributed by atoms with Crippen molar-refractivity contribution in [2.75, 3.05) is 22.9 Å². The molecular weight excluding hydrogens is 282 g/mol. The van der Waals surface area contributed by atoms with Crippen LogP contribution in [0, 0.1) is 0 Å². The molecule has 0 radical (unpaired) electrons. The van der Waals surface area contributed by atoms with Crippen molar-refractivity contribution in [3.8, 4) is 0 Å². The van der Waals surface area contributed by atoms with Gasteiger partial charge in [-0.1, -0.05) is 6.92 Å². The molecule has 1 saturated carbocycles. The Labute approximate surface area is 129 Å². The molecule has 1 atom stereocenters. The Hall–Kier alpha value is -2.08. The van der Waals surface area contributed by atoms with Gasteiger partial charge in [0.05, 0.1) is 29.5 Å². The van der Waals surface area contributed by atoms with Gasteiger partial charge in [-0.25, -0.2) is 4.79 Å². The van der Waals surface area contributed by atoms with E-state index in [2.05, 4.69) is 4.90 Å². The van der Waals surface area contributed by atoms with Crippen LogP contribution < -0.4 is 15.5 Å². The van der Waals surface area contributed by atoms with E-state index in [1.165, 1.54) is 0 Å². The van der Waals surface area contributed by atoms with Crippen molar-refractivity contribution in [2.45, 2.75) is 38.3 Å². The van der Waals surface area contributed by atoms with Crippen molar-refractivity contribution in [2.24, 2.45) is 5.73 Å². The highest BCUT2D eigenvalue weighted by atomic mass is 16.4. The largest absolute Gasteiger partial charge is 0.478 e. The molecule has 1 amide bonds. The van der Waals surface area contributed by atoms with Crippen LogP contribution in [0.1, 0.15) is 36.5 Å². The Balaban J connectivity index is 2.11. The first kappa shape index (κ1) is 14.8. The maximum absolute atomic E-state index is 12.3. The maximum atomic E-state index is 12.3. The second-order valence-electron chi connectivity index (χ2n) is 5.92. The molecule has 1 aromatic carbocycles. The average molecular weight is 303 g/mol. The Morgan fingerprint density at radius 2 is 2.05 bits per heavy atom. The molecule has 22 heavy (non-hydrogen) atoms. The highest BCUT2D eigenvalue weighted by Crippen LogP contribution is 2.42. The second kappa shape index (κ2) is 5.61. The number of rotatable bonds is 4. The van der Waals surface area contributed by atoms with E-state index < -0.39 is 5.97 Å². The lowest BCUT2D eigenvalue weighted by Crippen LogP contribution is -2.53. The van der Waals surface area contributed by atoms with Gasteiger partial charge in [0, 0.05) is 12.6 Å². The zero-order valence-electron chi connectivity index (χ0n) is 12.7. The number of nitrogens with two attached hydrogens (primary N) is 1. The van der Waals surface area contributed by atoms with Gasteiger partial charge in [-0.05, 0) is 37.5 Å². The highest BCUT2D eigenvalue weighted by Gasteiger charge is 2.39. The fourth-order valence-electron chi connectivity index (χ4n) is 3.18. The average Bonchev–Trinajstić information content (AvgIpc) is 3.36. The molecule has 1 fully saturated rings. The van der Waals surface area contributed by atoms with E-state index in [1.807, 2.05) is 13.0 Å². The van der Waals surface area contributed by atoms with Crippen LogP contribution in [-0.2, 0) is 4.79 Å². The molecule has 1 unspecified atom stereocenters. The van der Waals surface area contributed by atoms with Crippen LogP contribution in [-0.4, -0.2) is 42.2 Å². The number of carbonyl (C=O) groups excluding carboxylic acids is 1. The van der Waals surface area contributed by atoms with Gasteiger partial charge in [0.1, 0.15) is 0 Å². The zero-order chi connectivity index (χ0) is 15.9. The van der Waals surface area contributed by atoms with Crippen molar-refractivity contribution in [1.29, 1.82) is 0 Å². The van der Waals surface area contributed by atoms with Gasteiger partial charge in [0.25, 0.3) is 0 Å². The predicted octanol–water partition coefficient (Wildman–Crippen LogP) is 1.44. The molecule has 0 spiro atoms. The van der Waals surface area contributed by atoms with Crippen LogP contribution in [0.3, 0.4) is 0 Å². The first-order chi connectivity index (χ1) is 10.6. The van der Waals surface area contributed by atoms with E-state index in [0.29, 0.717) is 11.7 Å². The molecule has 0 bridgehead atoms. The number of nitrogens with zero attached hydrogens (tertiary/aromatic N) is 2. The van der Waals surface area contributed by atoms with Crippen LogP contribution in [0.15, 0.2) is 18.2 Å². The van der Waals surface area contributed by atoms with Crippen molar-refractivity contribution in [3.05, 3.63) is 23.8 Å². The molecule has 1 aliphatic carbocycles. The number of amides is 1. The normalized spacial score (nSPS) is 20.7. The van der Waals surface area contributed by atoms with Crippen LogP contribution in [0.25, 0.3) is 0 Å². The smallest absolute Gasteiger partial charge is 0.335 e. The van der Waals surface area contributed by atoms with Gasteiger partial charge in [-0.2, -0.15) is 0 Å². The van der Waals surface area contributed by atoms with Gasteiger partial charge in [-0.3, -0.25) is 4.79 Å². The number of carbonyl (C=O) groups is 2. The van der Waals surface area contributed by atoms with Crippen LogP contribution in [0.4, 0.5) is 11.4 Å². The summed E-state index contributed by atoms with van der Waals surface area (Å²) in [5.74, 6) is -1.15. The van der Waals surface area contributed by atoms with Gasteiger partial charge in [0.2, 0.25) is 5.91 Å². The minimum absolute atomic E-state index is 0.0354. The fourth-order valence-corrected chi connectivity index (χ4v) is 3.18. The van der Waals surface area contributed by atoms with Crippen molar-refractivity contribution in [3.63, 3.8) is 0 Å². The number of carboxylic acid groups (broad SMARTS) is 1. The van der Waals surface area contributed by atoms with Crippen molar-refractivity contribution in [1.82, 2.24) is 0 Å². The number of hydrogen-bond acceptors (Lipinski definition) is 4. The minimum atomic E-state index is -0.987. The second-order valence-corrected chi connectivity index (χ2v) is 5.92. The molecule has 3 rings (SSSR count). The third kappa shape index (κ3) is 2.43. The predicted molar refractivity (Wildman–Crippen MR) is 84.4 cm³/mol. The lowest BCUT2D eigenvalue weighted by atomic mass is 10.0. The number of fused-ring (bicyclic) bond motifs is 1. The maximum Gasteiger partial charge on any atom is 0.335 e. The van der Waals surface area contributed by atoms with E-state index in [-0.39, 0.29) is 24.1 Å². The summed E-state index contributed by atoms with van der Waals surface area (Å²) < 4.78 is 0. The van der Waals surface area contributed by atoms with E-state index in [1.54, 1.807) is 17.0 Å². The summed E-state index contributed by atoms with van der Waals surface area (Å²) in [6.07, 6.45) is 3.12. The molecule has 1 aliphatic heterocycles. The molecule has 1 heterocycles. The van der Waals surface area contributed by atoms with Gasteiger partial charge in [0.15, 0.2) is 0 Å². The SMILES string of the molecule is CCC1CN(C2CC2)c2ccc(C(=O)O)cc2N1C(=O)CN. The summed E-state index contributed by atoms with van der Waals surface area (Å²) in [5.41, 5.74) is 7.38. The van der Waals surface area contributed by atoms with E-state index in [9.17, 15) is 14.7 Å². The standard InChI is InChI=1S/C16H21N3O3/c1-2-11-9-18(12-4-5-12)13-6-3-10(16(21)22)7-14(13)19(11)15(20)8-17/h3,6-7,11-12H,2,4-5,8-9,17H2,1H3,(H,21,22). The first-order valence-electron chi connectivity index (χ1n) is 7.73. The minimum Gasteiger partial charge on any atom is -0.478 e. The summed E-state index contributed by atoms with van der Waals surface area (Å²) in [5, 5.41) is 9.24. The Kier molecular flexibility index (Phi) is 3.78. The van der Waals surface area contributed by atoms with Crippen LogP contribution in [0.5, 0.6) is 0 Å². The van der Waals surface area contributed by atoms with E-state index in [4.69, 9.17) is 5.73 Å². The number of hydrogen-bond donors (Lipinski definition) is 2. The summed E-state index contributed by atoms with van der Waals surface area (Å²) in [6.45, 7) is 2.75. The molecule has 6 nitrogen and oxygen atoms in total. The summed E-state index contributed by atoms with van der Waals surface area (Å²) in [6, 6.07) is 5.57. The zero-order valence-corrected chi connectivity index (χ0v) is 12.7. The van der Waals surface area contributed by atoms with Crippen molar-refractivity contribution >= 4 is 23.3 Å². The van der Waals surface area contributed by atoms with Gasteiger partial charge < -0.3 is 20.6 Å². The third-order valence-electron chi connectivity index (χ3n) is 4.47. The van der Waals surface area contributed by atoms with Crippen LogP contribution >= 0.6 is 0 Å². The molecule has 3 N–H and O–H groups in total. The topological polar surface area (TPSA) is 86.9 Å². The van der Waals surface area contributed by atoms with Crippen molar-refractivity contribution < 1.29 is 14.7 Å². The molecule has 2 aliphatic rings. The molecular formula is C16H21N3O3. The third-order valence-corrected chi connectivity index (χ3v) is 4.47. The quantitative estimate of drug-likeness (QED) is 0.879. The lowest BCUT2D eigenvalue weighted by Gasteiger charge is -2.43. The Morgan fingerprint density at radius 3 is 2.59 bits per heavy atom. The van der Waals surface area contributed by atoms with Gasteiger partial charge in [-0.15, -0.1) is 0 Å². The molecule has 0 saturated heterocycles. The summed E-state index contributed by atoms with van der Waals surface area (Å²) in [7, 11) is 0. The fraction of sp³-hybridized carbons (Fsp3) is 0.500. The molecule has 118 valence electrons. The molecule has 1 aromatic rings. The first-order valence-corrected chi connectivity index (χ1v) is 7.73. The van der Waals surface area contributed by atoms with E-state index >= 15 is 0 Å². The van der Waals surface area contributed by atoms with Gasteiger partial charge >= 0.3 is 5.97 Å². The number of benzene rings is 1. The summed E-state index contributed by atoms with van der Waals surface area (Å²) in [4.78, 5) is 27.6. The van der Waals surface area contributed by atoms with E-state index in [0.717, 1.165) is 31.5 Å². The molecule has 0 aromatic heterocycles. The monoisotopic (exact) mass is 303 g/mol. The molecule has 6 heteroatoms. The Bertz CT molecular complexity index is 613. The highest BCUT2D eigenvalue weighted by molar-refractivity contribution is 6.01. The number of anilines is 2.